The number of benzene rings is 1. The molecule has 1 aromatic heterocycles. The highest BCUT2D eigenvalue weighted by Gasteiger charge is 2.20. The molecule has 2 heterocycles. The summed E-state index contributed by atoms with van der Waals surface area (Å²) in [7, 11) is 2.01. The van der Waals surface area contributed by atoms with Gasteiger partial charge in [-0.25, -0.2) is 9.37 Å². The van der Waals surface area contributed by atoms with Crippen molar-refractivity contribution in [1.82, 2.24) is 15.3 Å². The minimum absolute atomic E-state index is 0.107. The number of nitrogen functional groups attached to an aromatic ring is 1. The highest BCUT2D eigenvalue weighted by atomic mass is 19.1. The summed E-state index contributed by atoms with van der Waals surface area (Å²) in [6.45, 7) is 4.10. The molecule has 1 aliphatic heterocycles. The molecule has 0 bridgehead atoms. The molecule has 6 nitrogen and oxygen atoms in total. The molecular weight excluding hydrogens is 343 g/mol. The van der Waals surface area contributed by atoms with Gasteiger partial charge in [-0.05, 0) is 50.9 Å². The van der Waals surface area contributed by atoms with Crippen molar-refractivity contribution in [1.29, 1.82) is 0 Å². The number of halogens is 1. The Kier molecular flexibility index (Phi) is 6.45. The number of nitrogens with two attached hydrogens (primary N) is 1. The van der Waals surface area contributed by atoms with Crippen molar-refractivity contribution in [3.05, 3.63) is 35.8 Å². The first-order chi connectivity index (χ1) is 13.1. The number of hydrogen-bond acceptors (Lipinski definition) is 6. The summed E-state index contributed by atoms with van der Waals surface area (Å²) in [5.74, 6) is 1.04. The molecular formula is C20H29FN6. The van der Waals surface area contributed by atoms with Crippen molar-refractivity contribution in [2.24, 2.45) is 0 Å². The third kappa shape index (κ3) is 5.07. The van der Waals surface area contributed by atoms with Crippen molar-refractivity contribution in [2.45, 2.75) is 45.1 Å². The van der Waals surface area contributed by atoms with Crippen LogP contribution in [0, 0.1) is 5.82 Å². The van der Waals surface area contributed by atoms with Crippen molar-refractivity contribution in [2.75, 3.05) is 36.1 Å². The average molecular weight is 372 g/mol. The Labute approximate surface area is 160 Å². The average Bonchev–Trinajstić information content (AvgIpc) is 2.69. The van der Waals surface area contributed by atoms with Crippen LogP contribution in [-0.2, 0) is 6.42 Å². The SMILES string of the molecule is CCCCc1cc(N2CCCC(NC)C2)nc(Nc2ccc(F)c(N)c2)n1. The van der Waals surface area contributed by atoms with Gasteiger partial charge in [0.1, 0.15) is 11.6 Å². The van der Waals surface area contributed by atoms with E-state index >= 15 is 0 Å². The monoisotopic (exact) mass is 372 g/mol. The number of nitrogens with zero attached hydrogens (tertiary/aromatic N) is 3. The summed E-state index contributed by atoms with van der Waals surface area (Å²) in [5, 5.41) is 6.55. The maximum absolute atomic E-state index is 13.4. The quantitative estimate of drug-likeness (QED) is 0.646. The summed E-state index contributed by atoms with van der Waals surface area (Å²) in [6, 6.07) is 7.13. The van der Waals surface area contributed by atoms with Crippen LogP contribution in [-0.4, -0.2) is 36.1 Å². The van der Waals surface area contributed by atoms with Gasteiger partial charge in [-0.3, -0.25) is 0 Å². The molecule has 1 aliphatic rings. The van der Waals surface area contributed by atoms with Gasteiger partial charge >= 0.3 is 0 Å². The molecule has 0 aliphatic carbocycles. The number of piperidine rings is 1. The molecule has 0 amide bonds. The Morgan fingerprint density at radius 2 is 2.15 bits per heavy atom. The van der Waals surface area contributed by atoms with Crippen molar-refractivity contribution >= 4 is 23.1 Å². The van der Waals surface area contributed by atoms with E-state index in [0.29, 0.717) is 17.7 Å². The van der Waals surface area contributed by atoms with Gasteiger partial charge in [0, 0.05) is 36.6 Å². The third-order valence-electron chi connectivity index (χ3n) is 4.96. The van der Waals surface area contributed by atoms with Crippen molar-refractivity contribution < 1.29 is 4.39 Å². The lowest BCUT2D eigenvalue weighted by Gasteiger charge is -2.33. The maximum atomic E-state index is 13.4. The van der Waals surface area contributed by atoms with E-state index < -0.39 is 5.82 Å². The normalized spacial score (nSPS) is 17.1. The second-order valence-electron chi connectivity index (χ2n) is 7.08. The molecule has 1 aromatic carbocycles. The van der Waals surface area contributed by atoms with Gasteiger partial charge in [0.2, 0.25) is 5.95 Å². The molecule has 0 radical (unpaired) electrons. The van der Waals surface area contributed by atoms with Crippen LogP contribution in [0.2, 0.25) is 0 Å². The molecule has 1 atom stereocenters. The van der Waals surface area contributed by atoms with Crippen molar-refractivity contribution in [3.63, 3.8) is 0 Å². The summed E-state index contributed by atoms with van der Waals surface area (Å²) < 4.78 is 13.4. The fourth-order valence-electron chi connectivity index (χ4n) is 3.36. The van der Waals surface area contributed by atoms with Crippen LogP contribution in [0.25, 0.3) is 0 Å². The first-order valence-electron chi connectivity index (χ1n) is 9.71. The number of hydrogen-bond donors (Lipinski definition) is 3. The van der Waals surface area contributed by atoms with Crippen LogP contribution in [0.3, 0.4) is 0 Å². The minimum atomic E-state index is -0.426. The number of anilines is 4. The van der Waals surface area contributed by atoms with Crippen LogP contribution >= 0.6 is 0 Å². The van der Waals surface area contributed by atoms with Gasteiger partial charge < -0.3 is 21.3 Å². The minimum Gasteiger partial charge on any atom is -0.396 e. The predicted octanol–water partition coefficient (Wildman–Crippen LogP) is 3.47. The lowest BCUT2D eigenvalue weighted by Crippen LogP contribution is -2.44. The number of likely N-dealkylation sites (N-methyl/N-ethyl adjacent to an activating group) is 1. The van der Waals surface area contributed by atoms with Gasteiger partial charge in [0.15, 0.2) is 0 Å². The van der Waals surface area contributed by atoms with Gasteiger partial charge in [-0.15, -0.1) is 0 Å². The van der Waals surface area contributed by atoms with Gasteiger partial charge in [0.25, 0.3) is 0 Å². The molecule has 1 fully saturated rings. The predicted molar refractivity (Wildman–Crippen MR) is 109 cm³/mol. The summed E-state index contributed by atoms with van der Waals surface area (Å²) in [6.07, 6.45) is 5.42. The van der Waals surface area contributed by atoms with E-state index in [2.05, 4.69) is 33.5 Å². The summed E-state index contributed by atoms with van der Waals surface area (Å²) >= 11 is 0. The second-order valence-corrected chi connectivity index (χ2v) is 7.08. The van der Waals surface area contributed by atoms with E-state index in [1.54, 1.807) is 12.1 Å². The molecule has 3 rings (SSSR count). The molecule has 0 saturated carbocycles. The molecule has 27 heavy (non-hydrogen) atoms. The Hall–Kier alpha value is -2.41. The first kappa shape index (κ1) is 19.4. The smallest absolute Gasteiger partial charge is 0.229 e. The van der Waals surface area contributed by atoms with Gasteiger partial charge in [-0.1, -0.05) is 13.3 Å². The molecule has 146 valence electrons. The lowest BCUT2D eigenvalue weighted by atomic mass is 10.1. The van der Waals surface area contributed by atoms with E-state index in [0.717, 1.165) is 50.3 Å². The first-order valence-corrected chi connectivity index (χ1v) is 9.71. The summed E-state index contributed by atoms with van der Waals surface area (Å²) in [4.78, 5) is 11.7. The molecule has 4 N–H and O–H groups in total. The van der Waals surface area contributed by atoms with Gasteiger partial charge in [0.05, 0.1) is 5.69 Å². The number of unbranched alkanes of at least 4 members (excludes halogenated alkanes) is 1. The lowest BCUT2D eigenvalue weighted by molar-refractivity contribution is 0.447. The van der Waals surface area contributed by atoms with E-state index in [-0.39, 0.29) is 5.69 Å². The number of aromatic nitrogens is 2. The van der Waals surface area contributed by atoms with E-state index in [1.807, 2.05) is 7.05 Å². The zero-order valence-corrected chi connectivity index (χ0v) is 16.1. The van der Waals surface area contributed by atoms with E-state index in [4.69, 9.17) is 10.7 Å². The van der Waals surface area contributed by atoms with Crippen molar-refractivity contribution in [3.8, 4) is 0 Å². The van der Waals surface area contributed by atoms with E-state index in [9.17, 15) is 4.39 Å². The van der Waals surface area contributed by atoms with Crippen LogP contribution in [0.5, 0.6) is 0 Å². The van der Waals surface area contributed by atoms with Gasteiger partial charge in [-0.2, -0.15) is 4.98 Å². The number of rotatable bonds is 7. The van der Waals surface area contributed by atoms with Crippen LogP contribution in [0.1, 0.15) is 38.3 Å². The fourth-order valence-corrected chi connectivity index (χ4v) is 3.36. The largest absolute Gasteiger partial charge is 0.396 e. The number of nitrogens with one attached hydrogen (secondary N) is 2. The molecule has 2 aromatic rings. The zero-order chi connectivity index (χ0) is 19.2. The molecule has 7 heteroatoms. The van der Waals surface area contributed by atoms with Crippen LogP contribution in [0.4, 0.5) is 27.5 Å². The molecule has 0 spiro atoms. The topological polar surface area (TPSA) is 79.1 Å². The van der Waals surface area contributed by atoms with Crippen LogP contribution in [0.15, 0.2) is 24.3 Å². The van der Waals surface area contributed by atoms with Crippen LogP contribution < -0.4 is 21.3 Å². The fraction of sp³-hybridized carbons (Fsp3) is 0.500. The Morgan fingerprint density at radius 3 is 2.89 bits per heavy atom. The zero-order valence-electron chi connectivity index (χ0n) is 16.1. The summed E-state index contributed by atoms with van der Waals surface area (Å²) in [5.41, 5.74) is 7.48. The standard InChI is InChI=1S/C20H29FN6/c1-3-4-6-14-12-19(27-10-5-7-16(13-27)23-2)26-20(24-14)25-15-8-9-17(21)18(22)11-15/h8-9,11-12,16,23H,3-7,10,13,22H2,1-2H3,(H,24,25,26). The Bertz CT molecular complexity index is 766. The highest BCUT2D eigenvalue weighted by molar-refractivity contribution is 5.61. The second kappa shape index (κ2) is 8.99. The molecule has 1 saturated heterocycles. The maximum Gasteiger partial charge on any atom is 0.229 e. The molecule has 1 unspecified atom stereocenters. The number of aryl methyl sites for hydroxylation is 1. The van der Waals surface area contributed by atoms with E-state index in [1.165, 1.54) is 12.5 Å². The Balaban J connectivity index is 1.86. The Morgan fingerprint density at radius 1 is 1.30 bits per heavy atom. The highest BCUT2D eigenvalue weighted by Crippen LogP contribution is 2.24. The third-order valence-corrected chi connectivity index (χ3v) is 4.96.